The summed E-state index contributed by atoms with van der Waals surface area (Å²) in [5.74, 6) is -1.40. The van der Waals surface area contributed by atoms with E-state index >= 15 is 0 Å². The number of rotatable bonds is 6. The fraction of sp³-hybridized carbons (Fsp3) is 0.429. The standard InChI is InChI=1S/C14H20N2O3/c1-3-4-10(8-15)13(17)16-11-6-5-9(2)12(7-11)14(18)19/h5-7,10H,3-4,8,15H2,1-2H3,(H,16,17)(H,18,19). The Hall–Kier alpha value is -1.88. The summed E-state index contributed by atoms with van der Waals surface area (Å²) in [6, 6.07) is 4.84. The van der Waals surface area contributed by atoms with Gasteiger partial charge in [0, 0.05) is 12.2 Å². The van der Waals surface area contributed by atoms with Crippen molar-refractivity contribution in [3.8, 4) is 0 Å². The van der Waals surface area contributed by atoms with E-state index in [9.17, 15) is 9.59 Å². The Bertz CT molecular complexity index is 472. The summed E-state index contributed by atoms with van der Waals surface area (Å²) < 4.78 is 0. The van der Waals surface area contributed by atoms with E-state index < -0.39 is 5.97 Å². The molecule has 0 aromatic heterocycles. The molecule has 0 spiro atoms. The molecule has 0 bridgehead atoms. The minimum Gasteiger partial charge on any atom is -0.478 e. The van der Waals surface area contributed by atoms with Crippen LogP contribution in [0.25, 0.3) is 0 Å². The lowest BCUT2D eigenvalue weighted by molar-refractivity contribution is -0.119. The first kappa shape index (κ1) is 15.2. The number of carbonyl (C=O) groups excluding carboxylic acids is 1. The van der Waals surface area contributed by atoms with Crippen LogP contribution in [-0.2, 0) is 4.79 Å². The zero-order valence-electron chi connectivity index (χ0n) is 11.3. The number of amides is 1. The molecule has 1 aromatic carbocycles. The average molecular weight is 264 g/mol. The molecule has 0 aliphatic rings. The van der Waals surface area contributed by atoms with E-state index in [0.717, 1.165) is 12.8 Å². The zero-order valence-corrected chi connectivity index (χ0v) is 11.3. The zero-order chi connectivity index (χ0) is 14.4. The molecule has 0 heterocycles. The molecular weight excluding hydrogens is 244 g/mol. The van der Waals surface area contributed by atoms with Gasteiger partial charge < -0.3 is 16.2 Å². The van der Waals surface area contributed by atoms with Crippen LogP contribution in [0.5, 0.6) is 0 Å². The Morgan fingerprint density at radius 1 is 1.42 bits per heavy atom. The third-order valence-electron chi connectivity index (χ3n) is 3.03. The van der Waals surface area contributed by atoms with Gasteiger partial charge in [-0.15, -0.1) is 0 Å². The van der Waals surface area contributed by atoms with Gasteiger partial charge in [-0.2, -0.15) is 0 Å². The Kier molecular flexibility index (Phi) is 5.51. The number of aromatic carboxylic acids is 1. The lowest BCUT2D eigenvalue weighted by atomic mass is 10.0. The number of carboxylic acids is 1. The normalized spacial score (nSPS) is 11.9. The third kappa shape index (κ3) is 4.06. The Morgan fingerprint density at radius 2 is 2.11 bits per heavy atom. The van der Waals surface area contributed by atoms with Crippen LogP contribution in [0.15, 0.2) is 18.2 Å². The number of hydrogen-bond acceptors (Lipinski definition) is 3. The van der Waals surface area contributed by atoms with Crippen LogP contribution in [0.4, 0.5) is 5.69 Å². The summed E-state index contributed by atoms with van der Waals surface area (Å²) in [5, 5.41) is 11.7. The maximum atomic E-state index is 12.0. The van der Waals surface area contributed by atoms with Crippen molar-refractivity contribution in [3.05, 3.63) is 29.3 Å². The van der Waals surface area contributed by atoms with Crippen LogP contribution in [0.1, 0.15) is 35.7 Å². The maximum absolute atomic E-state index is 12.0. The van der Waals surface area contributed by atoms with Crippen LogP contribution in [0.3, 0.4) is 0 Å². The number of carbonyl (C=O) groups is 2. The van der Waals surface area contributed by atoms with Crippen molar-refractivity contribution in [1.82, 2.24) is 0 Å². The smallest absolute Gasteiger partial charge is 0.336 e. The van der Waals surface area contributed by atoms with Gasteiger partial charge in [-0.05, 0) is 31.0 Å². The Morgan fingerprint density at radius 3 is 2.63 bits per heavy atom. The molecule has 0 saturated heterocycles. The number of aryl methyl sites for hydroxylation is 1. The minimum atomic E-state index is -1.00. The first-order chi connectivity index (χ1) is 8.99. The molecule has 1 amide bonds. The number of carboxylic acid groups (broad SMARTS) is 1. The lowest BCUT2D eigenvalue weighted by Gasteiger charge is -2.14. The molecule has 4 N–H and O–H groups in total. The number of nitrogens with two attached hydrogens (primary N) is 1. The van der Waals surface area contributed by atoms with E-state index in [1.54, 1.807) is 19.1 Å². The summed E-state index contributed by atoms with van der Waals surface area (Å²) in [6.07, 6.45) is 1.60. The van der Waals surface area contributed by atoms with Gasteiger partial charge in [-0.1, -0.05) is 19.4 Å². The van der Waals surface area contributed by atoms with Crippen molar-refractivity contribution in [3.63, 3.8) is 0 Å². The van der Waals surface area contributed by atoms with Crippen molar-refractivity contribution in [2.75, 3.05) is 11.9 Å². The predicted molar refractivity (Wildman–Crippen MR) is 74.2 cm³/mol. The summed E-state index contributed by atoms with van der Waals surface area (Å²) in [7, 11) is 0. The highest BCUT2D eigenvalue weighted by molar-refractivity contribution is 5.95. The molecule has 1 aromatic rings. The molecule has 1 atom stereocenters. The second-order valence-corrected chi connectivity index (χ2v) is 4.55. The van der Waals surface area contributed by atoms with Crippen molar-refractivity contribution >= 4 is 17.6 Å². The summed E-state index contributed by atoms with van der Waals surface area (Å²) >= 11 is 0. The number of anilines is 1. The van der Waals surface area contributed by atoms with Crippen LogP contribution in [-0.4, -0.2) is 23.5 Å². The van der Waals surface area contributed by atoms with E-state index in [0.29, 0.717) is 11.3 Å². The van der Waals surface area contributed by atoms with E-state index in [1.807, 2.05) is 6.92 Å². The first-order valence-corrected chi connectivity index (χ1v) is 6.34. The van der Waals surface area contributed by atoms with Crippen molar-refractivity contribution in [2.24, 2.45) is 11.7 Å². The molecular formula is C14H20N2O3. The van der Waals surface area contributed by atoms with Gasteiger partial charge in [-0.25, -0.2) is 4.79 Å². The van der Waals surface area contributed by atoms with Gasteiger partial charge in [0.25, 0.3) is 0 Å². The highest BCUT2D eigenvalue weighted by Gasteiger charge is 2.16. The molecule has 0 aliphatic heterocycles. The van der Waals surface area contributed by atoms with E-state index in [1.165, 1.54) is 6.07 Å². The lowest BCUT2D eigenvalue weighted by Crippen LogP contribution is -2.29. The molecule has 0 fully saturated rings. The highest BCUT2D eigenvalue weighted by atomic mass is 16.4. The summed E-state index contributed by atoms with van der Waals surface area (Å²) in [6.45, 7) is 4.00. The fourth-order valence-corrected chi connectivity index (χ4v) is 1.88. The summed E-state index contributed by atoms with van der Waals surface area (Å²) in [4.78, 5) is 23.0. The highest BCUT2D eigenvalue weighted by Crippen LogP contribution is 2.17. The number of nitrogens with one attached hydrogen (secondary N) is 1. The van der Waals surface area contributed by atoms with E-state index in [-0.39, 0.29) is 23.9 Å². The number of benzene rings is 1. The second-order valence-electron chi connectivity index (χ2n) is 4.55. The molecule has 0 radical (unpaired) electrons. The second kappa shape index (κ2) is 6.89. The van der Waals surface area contributed by atoms with Crippen molar-refractivity contribution in [1.29, 1.82) is 0 Å². The number of hydrogen-bond donors (Lipinski definition) is 3. The molecule has 1 rings (SSSR count). The topological polar surface area (TPSA) is 92.4 Å². The van der Waals surface area contributed by atoms with Crippen LogP contribution >= 0.6 is 0 Å². The van der Waals surface area contributed by atoms with Gasteiger partial charge in [0.15, 0.2) is 0 Å². The molecule has 19 heavy (non-hydrogen) atoms. The van der Waals surface area contributed by atoms with Crippen LogP contribution in [0.2, 0.25) is 0 Å². The first-order valence-electron chi connectivity index (χ1n) is 6.34. The van der Waals surface area contributed by atoms with Crippen molar-refractivity contribution < 1.29 is 14.7 Å². The molecule has 104 valence electrons. The molecule has 0 saturated carbocycles. The maximum Gasteiger partial charge on any atom is 0.336 e. The average Bonchev–Trinajstić information content (AvgIpc) is 2.37. The molecule has 0 aliphatic carbocycles. The van der Waals surface area contributed by atoms with Gasteiger partial charge in [0.05, 0.1) is 11.5 Å². The largest absolute Gasteiger partial charge is 0.478 e. The third-order valence-corrected chi connectivity index (χ3v) is 3.03. The van der Waals surface area contributed by atoms with Gasteiger partial charge in [-0.3, -0.25) is 4.79 Å². The SMILES string of the molecule is CCCC(CN)C(=O)Nc1ccc(C)c(C(=O)O)c1. The van der Waals surface area contributed by atoms with Crippen molar-refractivity contribution in [2.45, 2.75) is 26.7 Å². The van der Waals surface area contributed by atoms with Crippen LogP contribution < -0.4 is 11.1 Å². The summed E-state index contributed by atoms with van der Waals surface area (Å²) in [5.41, 5.74) is 6.90. The molecule has 1 unspecified atom stereocenters. The molecule has 5 nitrogen and oxygen atoms in total. The van der Waals surface area contributed by atoms with Crippen LogP contribution in [0, 0.1) is 12.8 Å². The van der Waals surface area contributed by atoms with Gasteiger partial charge in [0.2, 0.25) is 5.91 Å². The Balaban J connectivity index is 2.85. The Labute approximate surface area is 112 Å². The van der Waals surface area contributed by atoms with E-state index in [2.05, 4.69) is 5.32 Å². The quantitative estimate of drug-likeness (QED) is 0.732. The van der Waals surface area contributed by atoms with E-state index in [4.69, 9.17) is 10.8 Å². The fourth-order valence-electron chi connectivity index (χ4n) is 1.88. The minimum absolute atomic E-state index is 0.162. The molecule has 5 heteroatoms. The monoisotopic (exact) mass is 264 g/mol. The van der Waals surface area contributed by atoms with Gasteiger partial charge >= 0.3 is 5.97 Å². The van der Waals surface area contributed by atoms with Gasteiger partial charge in [0.1, 0.15) is 0 Å². The predicted octanol–water partition coefficient (Wildman–Crippen LogP) is 2.01.